The van der Waals surface area contributed by atoms with Crippen LogP contribution in [-0.2, 0) is 6.61 Å². The number of aromatic hydroxyl groups is 1. The second-order valence-corrected chi connectivity index (χ2v) is 6.07. The predicted molar refractivity (Wildman–Crippen MR) is 93.8 cm³/mol. The summed E-state index contributed by atoms with van der Waals surface area (Å²) in [5.41, 5.74) is 3.19. The first kappa shape index (κ1) is 15.4. The molecule has 23 heavy (non-hydrogen) atoms. The number of thiazole rings is 1. The largest absolute Gasteiger partial charge is 0.493 e. The van der Waals surface area contributed by atoms with Crippen LogP contribution in [-0.4, -0.2) is 17.1 Å². The van der Waals surface area contributed by atoms with Crippen molar-refractivity contribution < 1.29 is 9.84 Å². The molecule has 0 spiro atoms. The lowest BCUT2D eigenvalue weighted by atomic mass is 10.1. The fourth-order valence-corrected chi connectivity index (χ4v) is 3.01. The molecular weight excluding hydrogens is 308 g/mol. The lowest BCUT2D eigenvalue weighted by Gasteiger charge is -2.20. The lowest BCUT2D eigenvalue weighted by Crippen LogP contribution is -2.12. The van der Waals surface area contributed by atoms with Crippen LogP contribution in [0.1, 0.15) is 11.1 Å². The van der Waals surface area contributed by atoms with Crippen molar-refractivity contribution in [2.24, 2.45) is 0 Å². The lowest BCUT2D eigenvalue weighted by molar-refractivity contribution is 0.304. The topological polar surface area (TPSA) is 45.6 Å². The highest BCUT2D eigenvalue weighted by Gasteiger charge is 2.13. The molecule has 0 radical (unpaired) electrons. The van der Waals surface area contributed by atoms with Crippen molar-refractivity contribution in [1.29, 1.82) is 0 Å². The quantitative estimate of drug-likeness (QED) is 0.749. The van der Waals surface area contributed by atoms with E-state index in [1.54, 1.807) is 5.38 Å². The summed E-state index contributed by atoms with van der Waals surface area (Å²) in [5.74, 6) is 0.933. The number of hydrogen-bond donors (Lipinski definition) is 1. The first-order chi connectivity index (χ1) is 11.1. The molecule has 0 bridgehead atoms. The molecule has 5 heteroatoms. The summed E-state index contributed by atoms with van der Waals surface area (Å²) >= 11 is 1.40. The van der Waals surface area contributed by atoms with Crippen molar-refractivity contribution in [3.8, 4) is 11.6 Å². The Bertz CT molecular complexity index is 801. The van der Waals surface area contributed by atoms with Crippen LogP contribution in [0.25, 0.3) is 0 Å². The molecule has 1 N–H and O–H groups in total. The number of benzene rings is 2. The van der Waals surface area contributed by atoms with Crippen LogP contribution in [0.3, 0.4) is 0 Å². The minimum Gasteiger partial charge on any atom is -0.493 e. The van der Waals surface area contributed by atoms with Gasteiger partial charge in [-0.2, -0.15) is 4.98 Å². The minimum atomic E-state index is 0.0468. The molecule has 0 aliphatic carbocycles. The van der Waals surface area contributed by atoms with Gasteiger partial charge in [-0.1, -0.05) is 36.4 Å². The first-order valence-electron chi connectivity index (χ1n) is 7.29. The van der Waals surface area contributed by atoms with E-state index in [0.717, 1.165) is 27.7 Å². The number of ether oxygens (including phenoxy) is 1. The van der Waals surface area contributed by atoms with Gasteiger partial charge in [0.05, 0.1) is 5.38 Å². The van der Waals surface area contributed by atoms with E-state index in [0.29, 0.717) is 6.61 Å². The summed E-state index contributed by atoms with van der Waals surface area (Å²) < 4.78 is 5.96. The van der Waals surface area contributed by atoms with Gasteiger partial charge in [-0.3, -0.25) is 0 Å². The van der Waals surface area contributed by atoms with Crippen LogP contribution in [0.4, 0.5) is 10.8 Å². The third-order valence-electron chi connectivity index (χ3n) is 3.60. The zero-order valence-corrected chi connectivity index (χ0v) is 13.9. The fraction of sp³-hybridized carbons (Fsp3) is 0.167. The molecule has 0 aliphatic heterocycles. The van der Waals surface area contributed by atoms with E-state index in [9.17, 15) is 5.11 Å². The molecular formula is C18H18N2O2S. The molecule has 1 heterocycles. The third-order valence-corrected chi connectivity index (χ3v) is 4.50. The van der Waals surface area contributed by atoms with Crippen LogP contribution >= 0.6 is 11.3 Å². The number of aromatic nitrogens is 1. The summed E-state index contributed by atoms with van der Waals surface area (Å²) in [7, 11) is 1.94. The number of rotatable bonds is 5. The van der Waals surface area contributed by atoms with Crippen molar-refractivity contribution in [2.45, 2.75) is 13.5 Å². The summed E-state index contributed by atoms with van der Waals surface area (Å²) in [6.45, 7) is 2.51. The fourth-order valence-electron chi connectivity index (χ4n) is 2.35. The predicted octanol–water partition coefficient (Wildman–Crippen LogP) is 4.50. The number of para-hydroxylation sites is 2. The van der Waals surface area contributed by atoms with E-state index in [2.05, 4.69) is 4.98 Å². The minimum absolute atomic E-state index is 0.0468. The van der Waals surface area contributed by atoms with Gasteiger partial charge >= 0.3 is 0 Å². The summed E-state index contributed by atoms with van der Waals surface area (Å²) in [4.78, 5) is 6.08. The van der Waals surface area contributed by atoms with Crippen molar-refractivity contribution in [2.75, 3.05) is 11.9 Å². The molecule has 118 valence electrons. The van der Waals surface area contributed by atoms with Gasteiger partial charge in [-0.15, -0.1) is 11.3 Å². The number of aryl methyl sites for hydroxylation is 1. The van der Waals surface area contributed by atoms with Gasteiger partial charge in [0.15, 0.2) is 5.13 Å². The monoisotopic (exact) mass is 326 g/mol. The number of anilines is 2. The molecule has 4 nitrogen and oxygen atoms in total. The maximum Gasteiger partial charge on any atom is 0.223 e. The molecule has 1 aromatic heterocycles. The average molecular weight is 326 g/mol. The van der Waals surface area contributed by atoms with Gasteiger partial charge < -0.3 is 14.7 Å². The zero-order valence-electron chi connectivity index (χ0n) is 13.1. The van der Waals surface area contributed by atoms with E-state index < -0.39 is 0 Å². The zero-order chi connectivity index (χ0) is 16.2. The van der Waals surface area contributed by atoms with Gasteiger partial charge in [0.25, 0.3) is 0 Å². The maximum atomic E-state index is 9.45. The van der Waals surface area contributed by atoms with Crippen LogP contribution in [0.15, 0.2) is 53.9 Å². The highest BCUT2D eigenvalue weighted by Crippen LogP contribution is 2.31. The number of nitrogens with zero attached hydrogens (tertiary/aromatic N) is 2. The Balaban J connectivity index is 1.82. The first-order valence-corrected chi connectivity index (χ1v) is 8.17. The highest BCUT2D eigenvalue weighted by molar-refractivity contribution is 7.14. The van der Waals surface area contributed by atoms with Gasteiger partial charge in [-0.25, -0.2) is 0 Å². The average Bonchev–Trinajstić information content (AvgIpc) is 3.00. The number of hydrogen-bond acceptors (Lipinski definition) is 5. The van der Waals surface area contributed by atoms with E-state index in [4.69, 9.17) is 4.74 Å². The SMILES string of the molecule is Cc1ccccc1OCc1ccccc1N(C)c1nc(O)cs1. The van der Waals surface area contributed by atoms with E-state index in [-0.39, 0.29) is 5.88 Å². The Hall–Kier alpha value is -2.53. The van der Waals surface area contributed by atoms with E-state index in [1.165, 1.54) is 11.3 Å². The summed E-state index contributed by atoms with van der Waals surface area (Å²) in [5, 5.41) is 11.8. The van der Waals surface area contributed by atoms with Crippen molar-refractivity contribution >= 4 is 22.2 Å². The Morgan fingerprint density at radius 1 is 1.13 bits per heavy atom. The Morgan fingerprint density at radius 2 is 1.87 bits per heavy atom. The van der Waals surface area contributed by atoms with Gasteiger partial charge in [-0.05, 0) is 24.6 Å². The second kappa shape index (κ2) is 6.71. The van der Waals surface area contributed by atoms with E-state index >= 15 is 0 Å². The molecule has 0 atom stereocenters. The molecule has 0 amide bonds. The van der Waals surface area contributed by atoms with Crippen molar-refractivity contribution in [1.82, 2.24) is 4.98 Å². The van der Waals surface area contributed by atoms with Gasteiger partial charge in [0.2, 0.25) is 5.88 Å². The standard InChI is InChI=1S/C18H18N2O2S/c1-13-7-3-6-10-16(13)22-11-14-8-4-5-9-15(14)20(2)18-19-17(21)12-23-18/h3-10,12,21H,11H2,1-2H3. The molecule has 2 aromatic carbocycles. The second-order valence-electron chi connectivity index (χ2n) is 5.23. The van der Waals surface area contributed by atoms with E-state index in [1.807, 2.05) is 67.4 Å². The van der Waals surface area contributed by atoms with Gasteiger partial charge in [0.1, 0.15) is 12.4 Å². The Kier molecular flexibility index (Phi) is 4.48. The smallest absolute Gasteiger partial charge is 0.223 e. The Morgan fingerprint density at radius 3 is 2.61 bits per heavy atom. The van der Waals surface area contributed by atoms with Crippen molar-refractivity contribution in [3.63, 3.8) is 0 Å². The third kappa shape index (κ3) is 3.46. The Labute approximate surface area is 139 Å². The van der Waals surface area contributed by atoms with Crippen LogP contribution in [0, 0.1) is 6.92 Å². The van der Waals surface area contributed by atoms with Crippen LogP contribution in [0.2, 0.25) is 0 Å². The highest BCUT2D eigenvalue weighted by atomic mass is 32.1. The maximum absolute atomic E-state index is 9.45. The van der Waals surface area contributed by atoms with Crippen LogP contribution < -0.4 is 9.64 Å². The normalized spacial score (nSPS) is 10.5. The summed E-state index contributed by atoms with van der Waals surface area (Å²) in [6, 6.07) is 16.0. The molecule has 3 rings (SSSR count). The van der Waals surface area contributed by atoms with Crippen LogP contribution in [0.5, 0.6) is 11.6 Å². The molecule has 3 aromatic rings. The molecule has 0 unspecified atom stereocenters. The molecule has 0 fully saturated rings. The molecule has 0 saturated carbocycles. The molecule has 0 saturated heterocycles. The van der Waals surface area contributed by atoms with Crippen molar-refractivity contribution in [3.05, 3.63) is 65.0 Å². The van der Waals surface area contributed by atoms with Gasteiger partial charge in [0, 0.05) is 18.3 Å². The summed E-state index contributed by atoms with van der Waals surface area (Å²) in [6.07, 6.45) is 0. The molecule has 0 aliphatic rings.